The molecule has 2 aliphatic heterocycles. The van der Waals surface area contributed by atoms with Crippen molar-refractivity contribution in [2.45, 2.75) is 77.0 Å². The number of rotatable bonds is 5. The van der Waals surface area contributed by atoms with E-state index in [0.717, 1.165) is 24.3 Å². The molecular weight excluding hydrogens is 314 g/mol. The van der Waals surface area contributed by atoms with Crippen LogP contribution in [0.3, 0.4) is 0 Å². The van der Waals surface area contributed by atoms with Gasteiger partial charge in [-0.3, -0.25) is 4.90 Å². The Morgan fingerprint density at radius 1 is 1.20 bits per heavy atom. The fraction of sp³-hybridized carbons (Fsp3) is 0.650. The van der Waals surface area contributed by atoms with Gasteiger partial charge in [-0.15, -0.1) is 0 Å². The summed E-state index contributed by atoms with van der Waals surface area (Å²) >= 11 is 0. The molecule has 2 unspecified atom stereocenters. The van der Waals surface area contributed by atoms with Gasteiger partial charge in [0.25, 0.3) is 0 Å². The Morgan fingerprint density at radius 2 is 1.84 bits per heavy atom. The monoisotopic (exact) mass is 345 g/mol. The molecule has 25 heavy (non-hydrogen) atoms. The molecule has 3 rings (SSSR count). The van der Waals surface area contributed by atoms with Crippen LogP contribution in [-0.4, -0.2) is 41.7 Å². The molecule has 138 valence electrons. The van der Waals surface area contributed by atoms with Crippen molar-refractivity contribution in [2.24, 2.45) is 0 Å². The van der Waals surface area contributed by atoms with Crippen molar-refractivity contribution in [3.63, 3.8) is 0 Å². The third-order valence-corrected chi connectivity index (χ3v) is 5.39. The van der Waals surface area contributed by atoms with E-state index >= 15 is 0 Å². The minimum absolute atomic E-state index is 0.106. The number of ether oxygens (including phenoxy) is 1. The van der Waals surface area contributed by atoms with Crippen LogP contribution in [0.2, 0.25) is 0 Å². The predicted octanol–water partition coefficient (Wildman–Crippen LogP) is 4.00. The van der Waals surface area contributed by atoms with Crippen molar-refractivity contribution in [3.8, 4) is 5.75 Å². The van der Waals surface area contributed by atoms with Gasteiger partial charge in [0.15, 0.2) is 0 Å². The maximum atomic E-state index is 12.4. The number of carbonyl (C=O) groups excluding carboxylic acids is 1. The SMILES string of the molecule is CCOc1ccc(NC(=O)NC2CC3CCCC(C2)N3C(C)C)cc1. The van der Waals surface area contributed by atoms with Gasteiger partial charge in [0.05, 0.1) is 6.61 Å². The number of urea groups is 1. The summed E-state index contributed by atoms with van der Waals surface area (Å²) in [6, 6.07) is 9.50. The Kier molecular flexibility index (Phi) is 5.84. The second-order valence-electron chi connectivity index (χ2n) is 7.50. The summed E-state index contributed by atoms with van der Waals surface area (Å²) in [6.07, 6.45) is 5.96. The van der Waals surface area contributed by atoms with E-state index in [9.17, 15) is 4.79 Å². The summed E-state index contributed by atoms with van der Waals surface area (Å²) in [4.78, 5) is 15.0. The van der Waals surface area contributed by atoms with Crippen LogP contribution in [0.5, 0.6) is 5.75 Å². The van der Waals surface area contributed by atoms with Crippen LogP contribution >= 0.6 is 0 Å². The van der Waals surface area contributed by atoms with Crippen LogP contribution in [-0.2, 0) is 0 Å². The number of anilines is 1. The van der Waals surface area contributed by atoms with Crippen molar-refractivity contribution < 1.29 is 9.53 Å². The van der Waals surface area contributed by atoms with E-state index in [1.807, 2.05) is 31.2 Å². The topological polar surface area (TPSA) is 53.6 Å². The Hall–Kier alpha value is -1.75. The zero-order valence-corrected chi connectivity index (χ0v) is 15.6. The molecule has 2 heterocycles. The number of carbonyl (C=O) groups is 1. The Labute approximate surface area is 151 Å². The molecule has 2 N–H and O–H groups in total. The lowest BCUT2D eigenvalue weighted by molar-refractivity contribution is 0.00233. The zero-order chi connectivity index (χ0) is 17.8. The number of nitrogens with zero attached hydrogens (tertiary/aromatic N) is 1. The Bertz CT molecular complexity index is 559. The molecule has 1 aromatic carbocycles. The van der Waals surface area contributed by atoms with Crippen LogP contribution in [0.25, 0.3) is 0 Å². The quantitative estimate of drug-likeness (QED) is 0.848. The number of hydrogen-bond acceptors (Lipinski definition) is 3. The third kappa shape index (κ3) is 4.46. The van der Waals surface area contributed by atoms with Gasteiger partial charge >= 0.3 is 6.03 Å². The standard InChI is InChI=1S/C20H31N3O2/c1-4-25-19-10-8-15(9-11-19)21-20(24)22-16-12-17-6-5-7-18(13-16)23(17)14(2)3/h8-11,14,16-18H,4-7,12-13H2,1-3H3,(H2,21,22,24). The number of nitrogens with one attached hydrogen (secondary N) is 2. The summed E-state index contributed by atoms with van der Waals surface area (Å²) in [7, 11) is 0. The van der Waals surface area contributed by atoms with E-state index < -0.39 is 0 Å². The molecule has 0 radical (unpaired) electrons. The van der Waals surface area contributed by atoms with Gasteiger partial charge in [0.1, 0.15) is 5.75 Å². The van der Waals surface area contributed by atoms with E-state index in [1.54, 1.807) is 0 Å². The fourth-order valence-corrected chi connectivity index (χ4v) is 4.53. The van der Waals surface area contributed by atoms with Gasteiger partial charge in [-0.05, 0) is 70.7 Å². The molecule has 0 spiro atoms. The first-order valence-corrected chi connectivity index (χ1v) is 9.64. The van der Waals surface area contributed by atoms with Gasteiger partial charge in [0.2, 0.25) is 0 Å². The molecule has 1 aromatic rings. The first-order valence-electron chi connectivity index (χ1n) is 9.64. The lowest BCUT2D eigenvalue weighted by atomic mass is 9.81. The molecular formula is C20H31N3O2. The highest BCUT2D eigenvalue weighted by Gasteiger charge is 2.39. The molecule has 0 saturated carbocycles. The molecule has 2 bridgehead atoms. The second kappa shape index (κ2) is 8.09. The van der Waals surface area contributed by atoms with E-state index in [0.29, 0.717) is 24.7 Å². The number of piperidine rings is 2. The maximum absolute atomic E-state index is 12.4. The van der Waals surface area contributed by atoms with Crippen LogP contribution in [0.15, 0.2) is 24.3 Å². The average Bonchev–Trinajstić information content (AvgIpc) is 2.56. The summed E-state index contributed by atoms with van der Waals surface area (Å²) < 4.78 is 5.43. The molecule has 5 nitrogen and oxygen atoms in total. The van der Waals surface area contributed by atoms with Crippen LogP contribution in [0, 0.1) is 0 Å². The molecule has 5 heteroatoms. The number of benzene rings is 1. The molecule has 0 aliphatic carbocycles. The van der Waals surface area contributed by atoms with E-state index in [1.165, 1.54) is 19.3 Å². The first kappa shape index (κ1) is 18.1. The normalized spacial score (nSPS) is 26.3. The third-order valence-electron chi connectivity index (χ3n) is 5.39. The fourth-order valence-electron chi connectivity index (χ4n) is 4.53. The lowest BCUT2D eigenvalue weighted by Crippen LogP contribution is -2.59. The Morgan fingerprint density at radius 3 is 2.40 bits per heavy atom. The Balaban J connectivity index is 1.53. The summed E-state index contributed by atoms with van der Waals surface area (Å²) in [5, 5.41) is 6.13. The number of fused-ring (bicyclic) bond motifs is 2. The predicted molar refractivity (Wildman–Crippen MR) is 101 cm³/mol. The van der Waals surface area contributed by atoms with Crippen molar-refractivity contribution in [1.82, 2.24) is 10.2 Å². The zero-order valence-electron chi connectivity index (χ0n) is 15.6. The van der Waals surface area contributed by atoms with Crippen LogP contribution < -0.4 is 15.4 Å². The average molecular weight is 345 g/mol. The smallest absolute Gasteiger partial charge is 0.319 e. The molecule has 2 aliphatic rings. The van der Waals surface area contributed by atoms with Gasteiger partial charge in [0, 0.05) is 29.9 Å². The first-order chi connectivity index (χ1) is 12.1. The summed E-state index contributed by atoms with van der Waals surface area (Å²) in [5.74, 6) is 0.822. The van der Waals surface area contributed by atoms with Crippen molar-refractivity contribution in [1.29, 1.82) is 0 Å². The van der Waals surface area contributed by atoms with Crippen LogP contribution in [0.1, 0.15) is 52.9 Å². The summed E-state index contributed by atoms with van der Waals surface area (Å²) in [5.41, 5.74) is 0.792. The minimum Gasteiger partial charge on any atom is -0.494 e. The highest BCUT2D eigenvalue weighted by molar-refractivity contribution is 5.89. The van der Waals surface area contributed by atoms with Crippen LogP contribution in [0.4, 0.5) is 10.5 Å². The molecule has 2 atom stereocenters. The van der Waals surface area contributed by atoms with Gasteiger partial charge in [-0.1, -0.05) is 6.42 Å². The lowest BCUT2D eigenvalue weighted by Gasteiger charge is -2.51. The number of hydrogen-bond donors (Lipinski definition) is 2. The largest absolute Gasteiger partial charge is 0.494 e. The van der Waals surface area contributed by atoms with E-state index in [2.05, 4.69) is 29.4 Å². The second-order valence-corrected chi connectivity index (χ2v) is 7.50. The van der Waals surface area contributed by atoms with Gasteiger partial charge in [-0.2, -0.15) is 0 Å². The van der Waals surface area contributed by atoms with Crippen molar-refractivity contribution >= 4 is 11.7 Å². The molecule has 2 amide bonds. The highest BCUT2D eigenvalue weighted by atomic mass is 16.5. The number of amides is 2. The molecule has 2 saturated heterocycles. The van der Waals surface area contributed by atoms with E-state index in [4.69, 9.17) is 4.74 Å². The minimum atomic E-state index is -0.106. The van der Waals surface area contributed by atoms with Gasteiger partial charge < -0.3 is 15.4 Å². The maximum Gasteiger partial charge on any atom is 0.319 e. The van der Waals surface area contributed by atoms with Gasteiger partial charge in [-0.25, -0.2) is 4.79 Å². The van der Waals surface area contributed by atoms with Crippen molar-refractivity contribution in [3.05, 3.63) is 24.3 Å². The van der Waals surface area contributed by atoms with E-state index in [-0.39, 0.29) is 12.1 Å². The summed E-state index contributed by atoms with van der Waals surface area (Å²) in [6.45, 7) is 7.18. The molecule has 0 aromatic heterocycles. The highest BCUT2D eigenvalue weighted by Crippen LogP contribution is 2.35. The molecule has 2 fully saturated rings. The van der Waals surface area contributed by atoms with Crippen molar-refractivity contribution in [2.75, 3.05) is 11.9 Å².